The minimum Gasteiger partial charge on any atom is -0.544 e. The van der Waals surface area contributed by atoms with Gasteiger partial charge in [-0.2, -0.15) is 0 Å². The summed E-state index contributed by atoms with van der Waals surface area (Å²) in [5, 5.41) is 20.4. The van der Waals surface area contributed by atoms with Gasteiger partial charge in [-0.15, -0.1) is 0 Å². The van der Waals surface area contributed by atoms with E-state index in [4.69, 9.17) is 41.7 Å². The standard InChI is InChI=1S/C25H40O3.C18H31NO4.C18H29NO4.C17H28O2.CH4/c1-3-5-6-7-8-9-10-11-12-13-14-15-16-17-18-19-25(26)27-22-24-21-20-23(4-2)28-24;2*1-2-3-4-5-6-7-8-9-12-22-15-17-11-10-16(23-17)13-19-14-18(20)21;1-3-5-6-7-8-9-10-11-14-18-15-17-13-12-16(4-2)19-17;/h4,11-12,20-21H,2-3,5-10,13-19,22H2,1H3;10-11,19H,2-9,12-15H2,1H3,(H,20,21);10-11,13H,2-9,12,14-15H2,1H3,(H,20,21);4,12-13H,2-3,5-11,14-15H2,1H3;1H4/b12-11-;;;;. The van der Waals surface area contributed by atoms with Crippen LogP contribution in [0, 0.1) is 0 Å². The molecule has 0 saturated heterocycles. The van der Waals surface area contributed by atoms with Crippen molar-refractivity contribution in [2.45, 2.75) is 312 Å². The van der Waals surface area contributed by atoms with Crippen LogP contribution in [0.25, 0.3) is 12.2 Å². The number of hydrogen-bond donors (Lipinski definition) is 2. The number of carboxylic acids is 2. The van der Waals surface area contributed by atoms with Gasteiger partial charge in [-0.05, 0) is 112 Å². The number of carbonyl (C=O) groups is 3. The molecule has 4 heterocycles. The van der Waals surface area contributed by atoms with Gasteiger partial charge in [0.2, 0.25) is 0 Å². The smallest absolute Gasteiger partial charge is 0.325 e. The molecule has 4 aromatic rings. The first-order valence-electron chi connectivity index (χ1n) is 36.4. The van der Waals surface area contributed by atoms with Crippen LogP contribution in [0.3, 0.4) is 0 Å². The molecule has 0 atom stereocenters. The molecule has 0 saturated carbocycles. The number of rotatable bonds is 59. The third-order valence-electron chi connectivity index (χ3n) is 15.4. The number of quaternary nitrogens is 1. The molecule has 0 radical (unpaired) electrons. The van der Waals surface area contributed by atoms with E-state index in [9.17, 15) is 19.5 Å². The fraction of sp³-hybridized carbons (Fsp3) is 0.671. The van der Waals surface area contributed by atoms with E-state index in [0.717, 1.165) is 80.7 Å². The van der Waals surface area contributed by atoms with Crippen molar-refractivity contribution in [1.82, 2.24) is 0 Å². The third-order valence-corrected chi connectivity index (χ3v) is 15.4. The van der Waals surface area contributed by atoms with Crippen LogP contribution in [0.15, 0.2) is 96.5 Å². The van der Waals surface area contributed by atoms with Crippen molar-refractivity contribution in [3.8, 4) is 0 Å². The maximum Gasteiger partial charge on any atom is 0.325 e. The number of allylic oxidation sites excluding steroid dienone is 2. The van der Waals surface area contributed by atoms with Gasteiger partial charge in [0.25, 0.3) is 0 Å². The molecule has 4 aromatic heterocycles. The van der Waals surface area contributed by atoms with Gasteiger partial charge in [0.05, 0.1) is 12.2 Å². The maximum absolute atomic E-state index is 11.7. The Morgan fingerprint density at radius 3 is 1.19 bits per heavy atom. The van der Waals surface area contributed by atoms with Gasteiger partial charge < -0.3 is 56.9 Å². The van der Waals surface area contributed by atoms with Crippen molar-refractivity contribution in [3.05, 3.63) is 120 Å². The predicted octanol–water partition coefficient (Wildman–Crippen LogP) is 20.4. The van der Waals surface area contributed by atoms with Crippen LogP contribution >= 0.6 is 0 Å². The van der Waals surface area contributed by atoms with Crippen molar-refractivity contribution < 1.29 is 66.5 Å². The van der Waals surface area contributed by atoms with E-state index in [1.54, 1.807) is 23.5 Å². The molecule has 0 aliphatic heterocycles. The van der Waals surface area contributed by atoms with E-state index in [0.29, 0.717) is 50.1 Å². The van der Waals surface area contributed by atoms with Gasteiger partial charge in [-0.3, -0.25) is 14.6 Å². The molecule has 15 heteroatoms. The SMILES string of the molecule is C.C=Cc1ccc(COC(=O)CCCCCCC/C=C\CCCCCCCC)o1.C=Cc1ccc(COCCCCCCCCCC)o1.CCCCCCCCCCOCc1ccc(C=NCC(=O)O)o1.CCCCCCCCCCOCc1ccc(C[NH2+]CC(=O)[O-])o1. The van der Waals surface area contributed by atoms with Crippen LogP contribution in [-0.4, -0.2) is 62.1 Å². The Bertz CT molecular complexity index is 2390. The Morgan fingerprint density at radius 1 is 0.457 bits per heavy atom. The molecule has 3 N–H and O–H groups in total. The predicted molar refractivity (Wildman–Crippen MR) is 383 cm³/mol. The number of unbranched alkanes of at least 4 members (excludes halogenated alkanes) is 32. The average molecular weight is 1320 g/mol. The first-order chi connectivity index (χ1) is 45.6. The third kappa shape index (κ3) is 57.7. The quantitative estimate of drug-likeness (QED) is 0.0182. The van der Waals surface area contributed by atoms with Crippen molar-refractivity contribution in [3.63, 3.8) is 0 Å². The highest BCUT2D eigenvalue weighted by atomic mass is 16.5. The second kappa shape index (κ2) is 67.2. The highest BCUT2D eigenvalue weighted by Gasteiger charge is 2.08. The second-order valence-electron chi connectivity index (χ2n) is 24.2. The highest BCUT2D eigenvalue weighted by molar-refractivity contribution is 5.79. The van der Waals surface area contributed by atoms with Crippen LogP contribution in [-0.2, 0) is 66.3 Å². The Labute approximate surface area is 570 Å². The van der Waals surface area contributed by atoms with Gasteiger partial charge in [0, 0.05) is 26.2 Å². The zero-order chi connectivity index (χ0) is 67.6. The summed E-state index contributed by atoms with van der Waals surface area (Å²) in [6, 6.07) is 14.8. The Hall–Kier alpha value is -5.74. The molecule has 0 spiro atoms. The van der Waals surface area contributed by atoms with Crippen LogP contribution < -0.4 is 10.4 Å². The van der Waals surface area contributed by atoms with Crippen LogP contribution in [0.5, 0.6) is 0 Å². The molecule has 15 nitrogen and oxygen atoms in total. The molecule has 0 aliphatic carbocycles. The number of nitrogens with two attached hydrogens (primary N) is 1. The molecule has 94 heavy (non-hydrogen) atoms. The number of hydrogen-bond acceptors (Lipinski definition) is 13. The lowest BCUT2D eigenvalue weighted by atomic mass is 10.1. The normalized spacial score (nSPS) is 11.0. The molecule has 0 unspecified atom stereocenters. The van der Waals surface area contributed by atoms with Gasteiger partial charge in [0.15, 0.2) is 5.76 Å². The summed E-state index contributed by atoms with van der Waals surface area (Å²) in [6.45, 7) is 20.6. The first-order valence-corrected chi connectivity index (χ1v) is 36.4. The van der Waals surface area contributed by atoms with E-state index in [1.165, 1.54) is 212 Å². The van der Waals surface area contributed by atoms with Gasteiger partial charge in [-0.25, -0.2) is 0 Å². The molecule has 0 aromatic carbocycles. The van der Waals surface area contributed by atoms with E-state index < -0.39 is 11.9 Å². The minimum absolute atomic E-state index is 0. The number of aliphatic carboxylic acids is 2. The zero-order valence-corrected chi connectivity index (χ0v) is 58.7. The summed E-state index contributed by atoms with van der Waals surface area (Å²) in [5.41, 5.74) is 0. The Kier molecular flexibility index (Phi) is 63.1. The summed E-state index contributed by atoms with van der Waals surface area (Å²) < 4.78 is 44.0. The van der Waals surface area contributed by atoms with Crippen molar-refractivity contribution in [2.24, 2.45) is 4.99 Å². The average Bonchev–Trinajstić information content (AvgIpc) is 2.50. The molecule has 0 fully saturated rings. The number of esters is 1. The molecule has 536 valence electrons. The van der Waals surface area contributed by atoms with Crippen LogP contribution in [0.2, 0.25) is 0 Å². The molecule has 0 aliphatic rings. The van der Waals surface area contributed by atoms with Crippen molar-refractivity contribution in [2.75, 3.05) is 32.9 Å². The Balaban J connectivity index is 0.00000123. The van der Waals surface area contributed by atoms with Crippen LogP contribution in [0.1, 0.15) is 325 Å². The summed E-state index contributed by atoms with van der Waals surface area (Å²) in [4.78, 5) is 36.1. The summed E-state index contributed by atoms with van der Waals surface area (Å²) in [7, 11) is 0. The number of nitrogens with zero attached hydrogens (tertiary/aromatic N) is 1. The highest BCUT2D eigenvalue weighted by Crippen LogP contribution is 2.17. The topological polar surface area (TPSA) is 213 Å². The number of ether oxygens (including phenoxy) is 4. The molecular weight excluding hydrogens is 1180 g/mol. The van der Waals surface area contributed by atoms with Crippen molar-refractivity contribution in [1.29, 1.82) is 0 Å². The fourth-order valence-corrected chi connectivity index (χ4v) is 9.96. The summed E-state index contributed by atoms with van der Waals surface area (Å²) >= 11 is 0. The fourth-order valence-electron chi connectivity index (χ4n) is 9.96. The number of furan rings is 4. The lowest BCUT2D eigenvalue weighted by Crippen LogP contribution is -2.85. The first kappa shape index (κ1) is 88.3. The van der Waals surface area contributed by atoms with Gasteiger partial charge >= 0.3 is 11.9 Å². The van der Waals surface area contributed by atoms with E-state index >= 15 is 0 Å². The summed E-state index contributed by atoms with van der Waals surface area (Å²) in [5.74, 6) is 3.73. The molecular formula is C79H132N2O13. The molecule has 0 bridgehead atoms. The van der Waals surface area contributed by atoms with E-state index in [-0.39, 0.29) is 33.1 Å². The zero-order valence-electron chi connectivity index (χ0n) is 58.7. The second-order valence-corrected chi connectivity index (χ2v) is 24.2. The molecule has 0 amide bonds. The number of carbonyl (C=O) groups excluding carboxylic acids is 2. The molecule has 4 rings (SSSR count). The summed E-state index contributed by atoms with van der Waals surface area (Å²) in [6.07, 6.45) is 57.6. The maximum atomic E-state index is 11.7. The lowest BCUT2D eigenvalue weighted by molar-refractivity contribution is -0.667. The Morgan fingerprint density at radius 2 is 0.798 bits per heavy atom. The largest absolute Gasteiger partial charge is 0.544 e. The van der Waals surface area contributed by atoms with Gasteiger partial charge in [-0.1, -0.05) is 247 Å². The van der Waals surface area contributed by atoms with E-state index in [1.807, 2.05) is 42.5 Å². The van der Waals surface area contributed by atoms with E-state index in [2.05, 4.69) is 58.0 Å². The van der Waals surface area contributed by atoms with Gasteiger partial charge in [0.1, 0.15) is 86.4 Å². The monoisotopic (exact) mass is 1320 g/mol. The number of carboxylic acid groups (broad SMARTS) is 2. The minimum atomic E-state index is -1.06. The lowest BCUT2D eigenvalue weighted by Gasteiger charge is -2.03. The van der Waals surface area contributed by atoms with Crippen LogP contribution in [0.4, 0.5) is 0 Å². The van der Waals surface area contributed by atoms with Crippen molar-refractivity contribution >= 4 is 36.3 Å². The number of aliphatic imine (C=N–C) groups is 1.